The summed E-state index contributed by atoms with van der Waals surface area (Å²) in [5.41, 5.74) is -0.208. The summed E-state index contributed by atoms with van der Waals surface area (Å²) >= 11 is 0. The van der Waals surface area contributed by atoms with Crippen LogP contribution in [0.2, 0.25) is 0 Å². The van der Waals surface area contributed by atoms with Crippen LogP contribution in [-0.4, -0.2) is 17.6 Å². The lowest BCUT2D eigenvalue weighted by atomic mass is 9.96. The van der Waals surface area contributed by atoms with Crippen molar-refractivity contribution < 1.29 is 9.90 Å². The molecule has 0 fully saturated rings. The molecule has 0 bridgehead atoms. The second-order valence-corrected chi connectivity index (χ2v) is 4.23. The summed E-state index contributed by atoms with van der Waals surface area (Å²) < 4.78 is 0. The van der Waals surface area contributed by atoms with Gasteiger partial charge in [0.05, 0.1) is 11.5 Å². The summed E-state index contributed by atoms with van der Waals surface area (Å²) in [4.78, 5) is 11.6. The Morgan fingerprint density at radius 3 is 2.81 bits per heavy atom. The SMILES string of the molecule is CC(C)(C#N)CNC(=O)c1cccc(O)c1. The van der Waals surface area contributed by atoms with Gasteiger partial charge in [0.25, 0.3) is 5.91 Å². The summed E-state index contributed by atoms with van der Waals surface area (Å²) in [5, 5.41) is 20.6. The molecule has 1 aromatic carbocycles. The Balaban J connectivity index is 2.64. The second kappa shape index (κ2) is 4.67. The van der Waals surface area contributed by atoms with E-state index in [2.05, 4.69) is 11.4 Å². The van der Waals surface area contributed by atoms with E-state index in [4.69, 9.17) is 5.26 Å². The largest absolute Gasteiger partial charge is 0.508 e. The molecule has 0 aliphatic carbocycles. The van der Waals surface area contributed by atoms with Crippen LogP contribution in [0.15, 0.2) is 24.3 Å². The first-order valence-electron chi connectivity index (χ1n) is 4.93. The van der Waals surface area contributed by atoms with E-state index in [1.54, 1.807) is 26.0 Å². The van der Waals surface area contributed by atoms with Crippen LogP contribution < -0.4 is 5.32 Å². The first kappa shape index (κ1) is 12.1. The van der Waals surface area contributed by atoms with Crippen LogP contribution in [0.5, 0.6) is 5.75 Å². The second-order valence-electron chi connectivity index (χ2n) is 4.23. The number of aromatic hydroxyl groups is 1. The molecule has 0 radical (unpaired) electrons. The van der Waals surface area contributed by atoms with E-state index in [1.165, 1.54) is 12.1 Å². The van der Waals surface area contributed by atoms with Gasteiger partial charge in [-0.25, -0.2) is 0 Å². The Labute approximate surface area is 94.5 Å². The number of nitrogens with zero attached hydrogens (tertiary/aromatic N) is 1. The molecule has 0 atom stereocenters. The van der Waals surface area contributed by atoms with E-state index in [0.717, 1.165) is 0 Å². The zero-order chi connectivity index (χ0) is 12.2. The predicted octanol–water partition coefficient (Wildman–Crippen LogP) is 1.67. The molecule has 84 valence electrons. The summed E-state index contributed by atoms with van der Waals surface area (Å²) in [6.07, 6.45) is 0. The Bertz CT molecular complexity index is 433. The lowest BCUT2D eigenvalue weighted by molar-refractivity contribution is 0.0943. The van der Waals surface area contributed by atoms with E-state index in [0.29, 0.717) is 5.56 Å². The average Bonchev–Trinajstić information content (AvgIpc) is 2.26. The van der Waals surface area contributed by atoms with E-state index in [-0.39, 0.29) is 18.2 Å². The molecule has 0 aromatic heterocycles. The van der Waals surface area contributed by atoms with Crippen LogP contribution in [0.1, 0.15) is 24.2 Å². The van der Waals surface area contributed by atoms with Gasteiger partial charge in [-0.15, -0.1) is 0 Å². The maximum Gasteiger partial charge on any atom is 0.251 e. The van der Waals surface area contributed by atoms with Gasteiger partial charge in [0.15, 0.2) is 0 Å². The molecule has 4 nitrogen and oxygen atoms in total. The fourth-order valence-electron chi connectivity index (χ4n) is 1.09. The number of nitriles is 1. The van der Waals surface area contributed by atoms with Crippen molar-refractivity contribution >= 4 is 5.91 Å². The Hall–Kier alpha value is -2.02. The van der Waals surface area contributed by atoms with Gasteiger partial charge in [-0.05, 0) is 32.0 Å². The highest BCUT2D eigenvalue weighted by atomic mass is 16.3. The third-order valence-corrected chi connectivity index (χ3v) is 2.10. The molecule has 0 spiro atoms. The van der Waals surface area contributed by atoms with E-state index >= 15 is 0 Å². The van der Waals surface area contributed by atoms with Crippen molar-refractivity contribution in [2.24, 2.45) is 5.41 Å². The first-order valence-corrected chi connectivity index (χ1v) is 4.93. The highest BCUT2D eigenvalue weighted by Gasteiger charge is 2.18. The number of nitrogens with one attached hydrogen (secondary N) is 1. The molecule has 1 aromatic rings. The maximum absolute atomic E-state index is 11.6. The predicted molar refractivity (Wildman–Crippen MR) is 59.8 cm³/mol. The quantitative estimate of drug-likeness (QED) is 0.810. The number of carbonyl (C=O) groups is 1. The summed E-state index contributed by atoms with van der Waals surface area (Å²) in [6.45, 7) is 3.77. The Morgan fingerprint density at radius 1 is 1.56 bits per heavy atom. The molecule has 1 amide bonds. The highest BCUT2D eigenvalue weighted by molar-refractivity contribution is 5.94. The van der Waals surface area contributed by atoms with Crippen LogP contribution in [0.25, 0.3) is 0 Å². The van der Waals surface area contributed by atoms with Crippen molar-refractivity contribution in [3.63, 3.8) is 0 Å². The number of phenolic OH excluding ortho intramolecular Hbond substituents is 1. The molecule has 0 saturated heterocycles. The molecule has 16 heavy (non-hydrogen) atoms. The van der Waals surface area contributed by atoms with Crippen molar-refractivity contribution in [2.75, 3.05) is 6.54 Å². The monoisotopic (exact) mass is 218 g/mol. The zero-order valence-corrected chi connectivity index (χ0v) is 9.32. The van der Waals surface area contributed by atoms with Crippen molar-refractivity contribution in [3.8, 4) is 11.8 Å². The minimum absolute atomic E-state index is 0.0483. The standard InChI is InChI=1S/C12H14N2O2/c1-12(2,7-13)8-14-11(16)9-4-3-5-10(15)6-9/h3-6,15H,8H2,1-2H3,(H,14,16). The minimum atomic E-state index is -0.591. The molecule has 1 rings (SSSR count). The molecular weight excluding hydrogens is 204 g/mol. The fraction of sp³-hybridized carbons (Fsp3) is 0.333. The molecule has 0 unspecified atom stereocenters. The van der Waals surface area contributed by atoms with Gasteiger partial charge in [-0.3, -0.25) is 4.79 Å². The van der Waals surface area contributed by atoms with Gasteiger partial charge in [0.2, 0.25) is 0 Å². The molecule has 2 N–H and O–H groups in total. The van der Waals surface area contributed by atoms with Crippen molar-refractivity contribution in [1.82, 2.24) is 5.32 Å². The number of benzene rings is 1. The zero-order valence-electron chi connectivity index (χ0n) is 9.32. The molecule has 0 heterocycles. The number of carbonyl (C=O) groups excluding carboxylic acids is 1. The van der Waals surface area contributed by atoms with E-state index in [1.807, 2.05) is 0 Å². The third-order valence-electron chi connectivity index (χ3n) is 2.10. The molecule has 4 heteroatoms. The molecule has 0 aliphatic rings. The number of rotatable bonds is 3. The van der Waals surface area contributed by atoms with Gasteiger partial charge < -0.3 is 10.4 Å². The van der Waals surface area contributed by atoms with Crippen LogP contribution >= 0.6 is 0 Å². The number of amides is 1. The lowest BCUT2D eigenvalue weighted by Crippen LogP contribution is -2.33. The summed E-state index contributed by atoms with van der Waals surface area (Å²) in [5.74, 6) is -0.244. The summed E-state index contributed by atoms with van der Waals surface area (Å²) in [7, 11) is 0. The van der Waals surface area contributed by atoms with Crippen molar-refractivity contribution in [1.29, 1.82) is 5.26 Å². The van der Waals surface area contributed by atoms with Crippen molar-refractivity contribution in [2.45, 2.75) is 13.8 Å². The molecule has 0 aliphatic heterocycles. The number of hydrogen-bond acceptors (Lipinski definition) is 3. The topological polar surface area (TPSA) is 73.1 Å². The lowest BCUT2D eigenvalue weighted by Gasteiger charge is -2.15. The average molecular weight is 218 g/mol. The van der Waals surface area contributed by atoms with Gasteiger partial charge >= 0.3 is 0 Å². The van der Waals surface area contributed by atoms with Gasteiger partial charge in [0.1, 0.15) is 5.75 Å². The van der Waals surface area contributed by atoms with E-state index < -0.39 is 5.41 Å². The van der Waals surface area contributed by atoms with Crippen molar-refractivity contribution in [3.05, 3.63) is 29.8 Å². The minimum Gasteiger partial charge on any atom is -0.508 e. The molecule has 0 saturated carbocycles. The first-order chi connectivity index (χ1) is 7.44. The maximum atomic E-state index is 11.6. The van der Waals surface area contributed by atoms with Crippen LogP contribution in [0.3, 0.4) is 0 Å². The Kier molecular flexibility index (Phi) is 3.51. The van der Waals surface area contributed by atoms with E-state index in [9.17, 15) is 9.90 Å². The van der Waals surface area contributed by atoms with Crippen LogP contribution in [0, 0.1) is 16.7 Å². The molecular formula is C12H14N2O2. The number of phenols is 1. The number of hydrogen-bond donors (Lipinski definition) is 2. The van der Waals surface area contributed by atoms with Crippen LogP contribution in [0.4, 0.5) is 0 Å². The fourth-order valence-corrected chi connectivity index (χ4v) is 1.09. The Morgan fingerprint density at radius 2 is 2.25 bits per heavy atom. The normalized spacial score (nSPS) is 10.6. The van der Waals surface area contributed by atoms with Gasteiger partial charge in [0, 0.05) is 12.1 Å². The van der Waals surface area contributed by atoms with Crippen LogP contribution in [-0.2, 0) is 0 Å². The smallest absolute Gasteiger partial charge is 0.251 e. The summed E-state index contributed by atoms with van der Waals surface area (Å²) in [6, 6.07) is 8.18. The highest BCUT2D eigenvalue weighted by Crippen LogP contribution is 2.13. The van der Waals surface area contributed by atoms with Gasteiger partial charge in [-0.1, -0.05) is 6.07 Å². The third kappa shape index (κ3) is 3.28. The van der Waals surface area contributed by atoms with Gasteiger partial charge in [-0.2, -0.15) is 5.26 Å².